The van der Waals surface area contributed by atoms with E-state index in [1.54, 1.807) is 12.1 Å². The number of hydrogen-bond donors (Lipinski definition) is 0. The Morgan fingerprint density at radius 1 is 1.53 bits per heavy atom. The molecule has 1 saturated heterocycles. The highest BCUT2D eigenvalue weighted by Crippen LogP contribution is 2.15. The summed E-state index contributed by atoms with van der Waals surface area (Å²) in [5, 5.41) is 0. The van der Waals surface area contributed by atoms with Crippen LogP contribution >= 0.6 is 0 Å². The lowest BCUT2D eigenvalue weighted by Gasteiger charge is -2.29. The van der Waals surface area contributed by atoms with Crippen LogP contribution in [0.2, 0.25) is 0 Å². The number of benzene rings is 1. The molecular weight excluding hydrogens is 221 g/mol. The highest BCUT2D eigenvalue weighted by atomic mass is 19.1. The molecule has 0 amide bonds. The van der Waals surface area contributed by atoms with Crippen LogP contribution in [0.1, 0.15) is 15.9 Å². The predicted octanol–water partition coefficient (Wildman–Crippen LogP) is 1.65. The monoisotopic (exact) mass is 237 g/mol. The van der Waals surface area contributed by atoms with E-state index in [-0.39, 0.29) is 11.3 Å². The summed E-state index contributed by atoms with van der Waals surface area (Å²) in [5.74, 6) is -0.741. The molecule has 17 heavy (non-hydrogen) atoms. The van der Waals surface area contributed by atoms with Gasteiger partial charge in [-0.1, -0.05) is 11.6 Å². The van der Waals surface area contributed by atoms with Crippen LogP contribution in [0.25, 0.3) is 0 Å². The lowest BCUT2D eigenvalue weighted by molar-refractivity contribution is -0.00883. The number of carbonyl (C=O) groups is 1. The zero-order chi connectivity index (χ0) is 12.4. The van der Waals surface area contributed by atoms with Crippen LogP contribution in [-0.4, -0.2) is 43.5 Å². The fourth-order valence-corrected chi connectivity index (χ4v) is 1.94. The van der Waals surface area contributed by atoms with Crippen molar-refractivity contribution in [1.29, 1.82) is 0 Å². The van der Waals surface area contributed by atoms with E-state index in [1.165, 1.54) is 6.07 Å². The second-order valence-electron chi connectivity index (χ2n) is 4.47. The van der Waals surface area contributed by atoms with Crippen molar-refractivity contribution in [1.82, 2.24) is 4.90 Å². The molecule has 4 heteroatoms. The molecule has 0 bridgehead atoms. The first-order valence-electron chi connectivity index (χ1n) is 5.68. The number of carbonyl (C=O) groups excluding carboxylic acids is 1. The first-order valence-corrected chi connectivity index (χ1v) is 5.68. The summed E-state index contributed by atoms with van der Waals surface area (Å²) < 4.78 is 19.0. The van der Waals surface area contributed by atoms with Gasteiger partial charge >= 0.3 is 0 Å². The molecule has 1 fully saturated rings. The molecule has 0 aromatic heterocycles. The second kappa shape index (κ2) is 4.94. The molecule has 1 aromatic carbocycles. The fraction of sp³-hybridized carbons (Fsp3) is 0.462. The SMILES string of the molecule is Cc1ccc(F)c(C(=O)C2CN(C)CCO2)c1. The first kappa shape index (κ1) is 12.2. The molecule has 1 heterocycles. The molecule has 1 aliphatic heterocycles. The van der Waals surface area contributed by atoms with Crippen molar-refractivity contribution in [2.75, 3.05) is 26.7 Å². The topological polar surface area (TPSA) is 29.5 Å². The third-order valence-electron chi connectivity index (χ3n) is 2.95. The van der Waals surface area contributed by atoms with Gasteiger partial charge in [0.15, 0.2) is 5.78 Å². The summed E-state index contributed by atoms with van der Waals surface area (Å²) in [7, 11) is 1.93. The minimum atomic E-state index is -0.551. The first-order chi connectivity index (χ1) is 8.08. The van der Waals surface area contributed by atoms with Gasteiger partial charge in [0.2, 0.25) is 0 Å². The molecule has 92 valence electrons. The van der Waals surface area contributed by atoms with Crippen LogP contribution in [0, 0.1) is 12.7 Å². The highest BCUT2D eigenvalue weighted by Gasteiger charge is 2.27. The molecular formula is C13H16FNO2. The lowest BCUT2D eigenvalue weighted by atomic mass is 10.0. The Bertz CT molecular complexity index is 433. The van der Waals surface area contributed by atoms with E-state index in [0.717, 1.165) is 12.1 Å². The number of likely N-dealkylation sites (N-methyl/N-ethyl adjacent to an activating group) is 1. The zero-order valence-corrected chi connectivity index (χ0v) is 10.1. The molecule has 1 aromatic rings. The summed E-state index contributed by atoms with van der Waals surface area (Å²) in [6.07, 6.45) is -0.551. The predicted molar refractivity (Wildman–Crippen MR) is 62.7 cm³/mol. The third kappa shape index (κ3) is 2.70. The van der Waals surface area contributed by atoms with Crippen LogP contribution in [0.15, 0.2) is 18.2 Å². The molecule has 0 N–H and O–H groups in total. The third-order valence-corrected chi connectivity index (χ3v) is 2.95. The number of hydrogen-bond acceptors (Lipinski definition) is 3. The minimum Gasteiger partial charge on any atom is -0.367 e. The van der Waals surface area contributed by atoms with Crippen LogP contribution in [0.5, 0.6) is 0 Å². The Hall–Kier alpha value is -1.26. The number of Topliss-reactive ketones (excluding diaryl/α,β-unsaturated/α-hetero) is 1. The van der Waals surface area contributed by atoms with Gasteiger partial charge in [-0.25, -0.2) is 4.39 Å². The smallest absolute Gasteiger partial charge is 0.195 e. The van der Waals surface area contributed by atoms with Gasteiger partial charge in [-0.05, 0) is 26.1 Å². The van der Waals surface area contributed by atoms with Gasteiger partial charge in [-0.3, -0.25) is 4.79 Å². The van der Waals surface area contributed by atoms with Crippen molar-refractivity contribution in [3.63, 3.8) is 0 Å². The van der Waals surface area contributed by atoms with Crippen LogP contribution in [-0.2, 0) is 4.74 Å². The van der Waals surface area contributed by atoms with E-state index < -0.39 is 11.9 Å². The van der Waals surface area contributed by atoms with Gasteiger partial charge in [0, 0.05) is 13.1 Å². The van der Waals surface area contributed by atoms with Gasteiger partial charge in [0.25, 0.3) is 0 Å². The molecule has 0 aliphatic carbocycles. The van der Waals surface area contributed by atoms with Gasteiger partial charge in [0.05, 0.1) is 12.2 Å². The van der Waals surface area contributed by atoms with Crippen molar-refractivity contribution < 1.29 is 13.9 Å². The number of morpholine rings is 1. The minimum absolute atomic E-state index is 0.130. The quantitative estimate of drug-likeness (QED) is 0.732. The highest BCUT2D eigenvalue weighted by molar-refractivity contribution is 6.00. The van der Waals surface area contributed by atoms with E-state index in [9.17, 15) is 9.18 Å². The Balaban J connectivity index is 2.21. The maximum Gasteiger partial charge on any atom is 0.195 e. The maximum atomic E-state index is 13.6. The van der Waals surface area contributed by atoms with Gasteiger partial charge in [-0.2, -0.15) is 0 Å². The fourth-order valence-electron chi connectivity index (χ4n) is 1.94. The Morgan fingerprint density at radius 3 is 3.00 bits per heavy atom. The molecule has 1 atom stereocenters. The van der Waals surface area contributed by atoms with E-state index >= 15 is 0 Å². The lowest BCUT2D eigenvalue weighted by Crippen LogP contribution is -2.44. The molecule has 1 aliphatic rings. The standard InChI is InChI=1S/C13H16FNO2/c1-9-3-4-11(14)10(7-9)13(16)12-8-15(2)5-6-17-12/h3-4,7,12H,5-6,8H2,1-2H3. The van der Waals surface area contributed by atoms with Crippen LogP contribution in [0.4, 0.5) is 4.39 Å². The molecule has 0 saturated carbocycles. The average molecular weight is 237 g/mol. The van der Waals surface area contributed by atoms with E-state index in [0.29, 0.717) is 13.2 Å². The molecule has 2 rings (SSSR count). The van der Waals surface area contributed by atoms with Crippen molar-refractivity contribution >= 4 is 5.78 Å². The zero-order valence-electron chi connectivity index (χ0n) is 10.1. The van der Waals surface area contributed by atoms with Gasteiger partial charge in [-0.15, -0.1) is 0 Å². The number of aryl methyl sites for hydroxylation is 1. The number of ketones is 1. The summed E-state index contributed by atoms with van der Waals surface area (Å²) >= 11 is 0. The number of halogens is 1. The van der Waals surface area contributed by atoms with E-state index in [4.69, 9.17) is 4.74 Å². The van der Waals surface area contributed by atoms with Gasteiger partial charge in [0.1, 0.15) is 11.9 Å². The Morgan fingerprint density at radius 2 is 2.29 bits per heavy atom. The second-order valence-corrected chi connectivity index (χ2v) is 4.47. The molecule has 0 spiro atoms. The van der Waals surface area contributed by atoms with Crippen molar-refractivity contribution in [2.45, 2.75) is 13.0 Å². The van der Waals surface area contributed by atoms with Crippen molar-refractivity contribution in [3.05, 3.63) is 35.1 Å². The largest absolute Gasteiger partial charge is 0.367 e. The van der Waals surface area contributed by atoms with Crippen molar-refractivity contribution in [3.8, 4) is 0 Å². The van der Waals surface area contributed by atoms with E-state index in [1.807, 2.05) is 18.9 Å². The Kier molecular flexibility index (Phi) is 3.54. The number of rotatable bonds is 2. The Labute approximate surface area is 100 Å². The summed E-state index contributed by atoms with van der Waals surface area (Å²) in [5.41, 5.74) is 1.00. The van der Waals surface area contributed by atoms with E-state index in [2.05, 4.69) is 0 Å². The summed E-state index contributed by atoms with van der Waals surface area (Å²) in [4.78, 5) is 14.1. The average Bonchev–Trinajstić information content (AvgIpc) is 2.31. The summed E-state index contributed by atoms with van der Waals surface area (Å²) in [6, 6.07) is 4.56. The summed E-state index contributed by atoms with van der Waals surface area (Å²) in [6.45, 7) is 3.68. The maximum absolute atomic E-state index is 13.6. The number of nitrogens with zero attached hydrogens (tertiary/aromatic N) is 1. The normalized spacial score (nSPS) is 21.5. The number of ether oxygens (including phenoxy) is 1. The molecule has 1 unspecified atom stereocenters. The van der Waals surface area contributed by atoms with Gasteiger partial charge < -0.3 is 9.64 Å². The molecule has 0 radical (unpaired) electrons. The van der Waals surface area contributed by atoms with Crippen molar-refractivity contribution in [2.24, 2.45) is 0 Å². The van der Waals surface area contributed by atoms with Crippen LogP contribution < -0.4 is 0 Å². The molecule has 3 nitrogen and oxygen atoms in total. The van der Waals surface area contributed by atoms with Crippen LogP contribution in [0.3, 0.4) is 0 Å².